The lowest BCUT2D eigenvalue weighted by Gasteiger charge is -2.32. The lowest BCUT2D eigenvalue weighted by Crippen LogP contribution is -2.45. The van der Waals surface area contributed by atoms with Crippen LogP contribution < -0.4 is 5.32 Å². The number of amides is 3. The van der Waals surface area contributed by atoms with Crippen molar-refractivity contribution in [3.05, 3.63) is 24.2 Å². The standard InChI is InChI=1S/C17H25N3O4/c1-12-5-7-19(8-6-12)10-13(21)11-20-15(22)17(2,18-16(20)23)14-4-3-9-24-14/h3-4,9,12-13,21H,5-8,10-11H2,1-2H3,(H,18,23)/t13-,17-/m0/s1. The number of carbonyl (C=O) groups is 2. The molecule has 0 spiro atoms. The zero-order valence-corrected chi connectivity index (χ0v) is 14.2. The number of aliphatic hydroxyl groups excluding tert-OH is 1. The van der Waals surface area contributed by atoms with Crippen molar-refractivity contribution in [1.82, 2.24) is 15.1 Å². The summed E-state index contributed by atoms with van der Waals surface area (Å²) >= 11 is 0. The maximum Gasteiger partial charge on any atom is 0.325 e. The van der Waals surface area contributed by atoms with E-state index in [4.69, 9.17) is 4.42 Å². The highest BCUT2D eigenvalue weighted by Crippen LogP contribution is 2.29. The smallest absolute Gasteiger partial charge is 0.325 e. The average Bonchev–Trinajstić information content (AvgIpc) is 3.14. The Morgan fingerprint density at radius 1 is 1.38 bits per heavy atom. The monoisotopic (exact) mass is 335 g/mol. The summed E-state index contributed by atoms with van der Waals surface area (Å²) < 4.78 is 5.29. The third-order valence-electron chi connectivity index (χ3n) is 5.03. The summed E-state index contributed by atoms with van der Waals surface area (Å²) in [5, 5.41) is 13.0. The summed E-state index contributed by atoms with van der Waals surface area (Å²) in [4.78, 5) is 28.1. The van der Waals surface area contributed by atoms with Crippen LogP contribution in [0.3, 0.4) is 0 Å². The Kier molecular flexibility index (Phi) is 4.64. The Morgan fingerprint density at radius 3 is 2.71 bits per heavy atom. The van der Waals surface area contributed by atoms with Gasteiger partial charge in [0.2, 0.25) is 0 Å². The molecule has 2 fully saturated rings. The number of hydrogen-bond donors (Lipinski definition) is 2. The molecule has 1 aromatic rings. The zero-order valence-electron chi connectivity index (χ0n) is 14.2. The first-order valence-corrected chi connectivity index (χ1v) is 8.48. The molecule has 3 rings (SSSR count). The van der Waals surface area contributed by atoms with Gasteiger partial charge in [-0.15, -0.1) is 0 Å². The maximum absolute atomic E-state index is 12.7. The fourth-order valence-corrected chi connectivity index (χ4v) is 3.40. The molecule has 2 aliphatic heterocycles. The largest absolute Gasteiger partial charge is 0.466 e. The van der Waals surface area contributed by atoms with Crippen molar-refractivity contribution in [3.63, 3.8) is 0 Å². The lowest BCUT2D eigenvalue weighted by molar-refractivity contribution is -0.132. The van der Waals surface area contributed by atoms with Gasteiger partial charge in [0.1, 0.15) is 5.76 Å². The number of nitrogens with zero attached hydrogens (tertiary/aromatic N) is 2. The Bertz CT molecular complexity index is 595. The van der Waals surface area contributed by atoms with Gasteiger partial charge in [-0.05, 0) is 50.9 Å². The molecule has 0 bridgehead atoms. The fraction of sp³-hybridized carbons (Fsp3) is 0.647. The van der Waals surface area contributed by atoms with Crippen molar-refractivity contribution in [2.75, 3.05) is 26.2 Å². The Morgan fingerprint density at radius 2 is 2.08 bits per heavy atom. The second-order valence-corrected chi connectivity index (χ2v) is 7.09. The SMILES string of the molecule is CC1CCN(C[C@H](O)CN2C(=O)N[C@@](C)(c3ccco3)C2=O)CC1. The molecule has 2 atom stereocenters. The van der Waals surface area contributed by atoms with Crippen LogP contribution in [0.5, 0.6) is 0 Å². The number of piperidine rings is 1. The van der Waals surface area contributed by atoms with Crippen LogP contribution in [0.4, 0.5) is 4.79 Å². The van der Waals surface area contributed by atoms with Gasteiger partial charge in [0.25, 0.3) is 5.91 Å². The van der Waals surface area contributed by atoms with Crippen LogP contribution >= 0.6 is 0 Å². The predicted octanol–water partition coefficient (Wildman–Crippen LogP) is 1.14. The number of carbonyl (C=O) groups excluding carboxylic acids is 2. The van der Waals surface area contributed by atoms with Crippen LogP contribution in [0.2, 0.25) is 0 Å². The van der Waals surface area contributed by atoms with Crippen molar-refractivity contribution in [3.8, 4) is 0 Å². The zero-order chi connectivity index (χ0) is 17.3. The third kappa shape index (κ3) is 3.18. The number of imide groups is 1. The first-order valence-electron chi connectivity index (χ1n) is 8.48. The molecule has 7 nitrogen and oxygen atoms in total. The first-order chi connectivity index (χ1) is 11.4. The van der Waals surface area contributed by atoms with E-state index in [9.17, 15) is 14.7 Å². The summed E-state index contributed by atoms with van der Waals surface area (Å²) in [7, 11) is 0. The molecule has 0 aromatic carbocycles. The topological polar surface area (TPSA) is 86.0 Å². The van der Waals surface area contributed by atoms with Gasteiger partial charge < -0.3 is 19.7 Å². The number of urea groups is 1. The van der Waals surface area contributed by atoms with Crippen LogP contribution in [0, 0.1) is 5.92 Å². The van der Waals surface area contributed by atoms with Crippen molar-refractivity contribution in [2.24, 2.45) is 5.92 Å². The van der Waals surface area contributed by atoms with Gasteiger partial charge in [-0.3, -0.25) is 9.69 Å². The molecule has 3 heterocycles. The summed E-state index contributed by atoms with van der Waals surface area (Å²) in [6, 6.07) is 2.84. The molecule has 0 saturated carbocycles. The Hall–Kier alpha value is -1.86. The summed E-state index contributed by atoms with van der Waals surface area (Å²) in [6.07, 6.45) is 2.94. The van der Waals surface area contributed by atoms with Crippen LogP contribution in [0.15, 0.2) is 22.8 Å². The van der Waals surface area contributed by atoms with Gasteiger partial charge in [0.05, 0.1) is 18.9 Å². The lowest BCUT2D eigenvalue weighted by atomic mass is 9.98. The van der Waals surface area contributed by atoms with Gasteiger partial charge in [0, 0.05) is 6.54 Å². The van der Waals surface area contributed by atoms with E-state index in [-0.39, 0.29) is 6.54 Å². The fourth-order valence-electron chi connectivity index (χ4n) is 3.40. The number of hydrogen-bond acceptors (Lipinski definition) is 5. The summed E-state index contributed by atoms with van der Waals surface area (Å²) in [5.41, 5.74) is -1.21. The van der Waals surface area contributed by atoms with Gasteiger partial charge in [-0.25, -0.2) is 4.79 Å². The molecule has 7 heteroatoms. The minimum atomic E-state index is -1.21. The van der Waals surface area contributed by atoms with Crippen LogP contribution in [0.1, 0.15) is 32.4 Å². The molecule has 2 N–H and O–H groups in total. The molecule has 0 radical (unpaired) electrons. The molecule has 0 aliphatic carbocycles. The van der Waals surface area contributed by atoms with Crippen molar-refractivity contribution >= 4 is 11.9 Å². The number of furan rings is 1. The highest BCUT2D eigenvalue weighted by molar-refractivity contribution is 6.06. The molecule has 1 aromatic heterocycles. The average molecular weight is 335 g/mol. The highest BCUT2D eigenvalue weighted by atomic mass is 16.3. The van der Waals surface area contributed by atoms with E-state index in [1.807, 2.05) is 0 Å². The second kappa shape index (κ2) is 6.57. The van der Waals surface area contributed by atoms with Gasteiger partial charge in [0.15, 0.2) is 5.54 Å². The second-order valence-electron chi connectivity index (χ2n) is 7.09. The van der Waals surface area contributed by atoms with Crippen molar-refractivity contribution in [1.29, 1.82) is 0 Å². The van der Waals surface area contributed by atoms with Gasteiger partial charge in [-0.2, -0.15) is 0 Å². The van der Waals surface area contributed by atoms with E-state index in [0.29, 0.717) is 12.3 Å². The first kappa shape index (κ1) is 17.0. The van der Waals surface area contributed by atoms with Gasteiger partial charge in [-0.1, -0.05) is 6.92 Å². The molecular formula is C17H25N3O4. The number of likely N-dealkylation sites (tertiary alicyclic amines) is 1. The van der Waals surface area contributed by atoms with E-state index in [2.05, 4.69) is 17.1 Å². The molecule has 2 aliphatic rings. The van der Waals surface area contributed by atoms with Crippen LogP contribution in [0.25, 0.3) is 0 Å². The number of β-amino-alcohol motifs (C(OH)–C–C–N with tert-alkyl or cyclic N) is 1. The molecule has 132 valence electrons. The van der Waals surface area contributed by atoms with Crippen LogP contribution in [-0.4, -0.2) is 59.1 Å². The third-order valence-corrected chi connectivity index (χ3v) is 5.03. The Balaban J connectivity index is 1.60. The number of rotatable bonds is 5. The van der Waals surface area contributed by atoms with Crippen molar-refractivity contribution in [2.45, 2.75) is 38.3 Å². The van der Waals surface area contributed by atoms with Crippen LogP contribution in [-0.2, 0) is 10.3 Å². The van der Waals surface area contributed by atoms with E-state index in [0.717, 1.165) is 36.7 Å². The minimum absolute atomic E-state index is 0.00693. The molecule has 0 unspecified atom stereocenters. The Labute approximate surface area is 141 Å². The highest BCUT2D eigenvalue weighted by Gasteiger charge is 2.51. The summed E-state index contributed by atoms with van der Waals surface area (Å²) in [5.74, 6) is 0.718. The summed E-state index contributed by atoms with van der Waals surface area (Å²) in [6.45, 7) is 6.21. The number of nitrogens with one attached hydrogen (secondary N) is 1. The van der Waals surface area contributed by atoms with E-state index in [1.54, 1.807) is 19.1 Å². The molecule has 24 heavy (non-hydrogen) atoms. The quantitative estimate of drug-likeness (QED) is 0.788. The molecule has 2 saturated heterocycles. The predicted molar refractivity (Wildman–Crippen MR) is 87.1 cm³/mol. The van der Waals surface area contributed by atoms with E-state index in [1.165, 1.54) is 6.26 Å². The van der Waals surface area contributed by atoms with E-state index < -0.39 is 23.6 Å². The van der Waals surface area contributed by atoms with E-state index >= 15 is 0 Å². The van der Waals surface area contributed by atoms with Gasteiger partial charge >= 0.3 is 6.03 Å². The maximum atomic E-state index is 12.7. The molecular weight excluding hydrogens is 310 g/mol. The number of aliphatic hydroxyl groups is 1. The van der Waals surface area contributed by atoms with Crippen molar-refractivity contribution < 1.29 is 19.1 Å². The normalized spacial score (nSPS) is 27.5. The molecule has 3 amide bonds. The minimum Gasteiger partial charge on any atom is -0.466 e.